The molecule has 2 aromatic rings. The third-order valence-corrected chi connectivity index (χ3v) is 4.37. The van der Waals surface area contributed by atoms with E-state index in [1.54, 1.807) is 18.5 Å². The highest BCUT2D eigenvalue weighted by Gasteiger charge is 2.17. The molecule has 1 aromatic carbocycles. The number of hydrogen-bond acceptors (Lipinski definition) is 7. The molecular formula is C18H23N5O2. The number of esters is 1. The fraction of sp³-hybridized carbons (Fsp3) is 0.389. The number of carbonyl (C=O) groups is 1. The number of piperazine rings is 1. The van der Waals surface area contributed by atoms with Crippen molar-refractivity contribution in [3.05, 3.63) is 42.2 Å². The molecule has 1 aliphatic rings. The van der Waals surface area contributed by atoms with Gasteiger partial charge in [0.05, 0.1) is 12.7 Å². The maximum Gasteiger partial charge on any atom is 0.337 e. The summed E-state index contributed by atoms with van der Waals surface area (Å²) < 4.78 is 4.70. The third-order valence-electron chi connectivity index (χ3n) is 4.37. The zero-order valence-corrected chi connectivity index (χ0v) is 14.6. The largest absolute Gasteiger partial charge is 0.465 e. The van der Waals surface area contributed by atoms with E-state index in [1.807, 2.05) is 18.2 Å². The number of ether oxygens (including phenoxy) is 1. The fourth-order valence-corrected chi connectivity index (χ4v) is 2.84. The second-order valence-corrected chi connectivity index (χ2v) is 5.88. The van der Waals surface area contributed by atoms with Gasteiger partial charge in [0.15, 0.2) is 0 Å². The Hall–Kier alpha value is -2.67. The van der Waals surface area contributed by atoms with Crippen LogP contribution in [0.25, 0.3) is 0 Å². The first-order chi connectivity index (χ1) is 12.2. The number of rotatable bonds is 5. The first-order valence-electron chi connectivity index (χ1n) is 8.44. The molecule has 0 unspecified atom stereocenters. The van der Waals surface area contributed by atoms with E-state index in [-0.39, 0.29) is 5.97 Å². The van der Waals surface area contributed by atoms with Crippen LogP contribution in [0.3, 0.4) is 0 Å². The van der Waals surface area contributed by atoms with Gasteiger partial charge in [-0.1, -0.05) is 6.92 Å². The Kier molecular flexibility index (Phi) is 5.45. The van der Waals surface area contributed by atoms with E-state index in [1.165, 1.54) is 7.11 Å². The Labute approximate surface area is 147 Å². The van der Waals surface area contributed by atoms with Gasteiger partial charge in [0, 0.05) is 37.9 Å². The number of hydrogen-bond donors (Lipinski definition) is 1. The summed E-state index contributed by atoms with van der Waals surface area (Å²) in [5.41, 5.74) is 1.37. The lowest BCUT2D eigenvalue weighted by Gasteiger charge is -2.34. The zero-order chi connectivity index (χ0) is 17.6. The first kappa shape index (κ1) is 17.2. The van der Waals surface area contributed by atoms with E-state index in [9.17, 15) is 4.79 Å². The van der Waals surface area contributed by atoms with Crippen molar-refractivity contribution >= 4 is 23.3 Å². The molecule has 0 radical (unpaired) electrons. The maximum atomic E-state index is 11.5. The van der Waals surface area contributed by atoms with E-state index in [4.69, 9.17) is 4.74 Å². The minimum Gasteiger partial charge on any atom is -0.465 e. The predicted octanol–water partition coefficient (Wildman–Crippen LogP) is 2.15. The van der Waals surface area contributed by atoms with Gasteiger partial charge in [0.25, 0.3) is 0 Å². The van der Waals surface area contributed by atoms with Crippen LogP contribution < -0.4 is 10.2 Å². The highest BCUT2D eigenvalue weighted by molar-refractivity contribution is 5.89. The highest BCUT2D eigenvalue weighted by atomic mass is 16.5. The van der Waals surface area contributed by atoms with Crippen molar-refractivity contribution in [3.8, 4) is 0 Å². The van der Waals surface area contributed by atoms with Gasteiger partial charge in [-0.3, -0.25) is 0 Å². The van der Waals surface area contributed by atoms with Gasteiger partial charge >= 0.3 is 5.97 Å². The van der Waals surface area contributed by atoms with Gasteiger partial charge in [-0.15, -0.1) is 0 Å². The van der Waals surface area contributed by atoms with Crippen molar-refractivity contribution in [3.63, 3.8) is 0 Å². The molecule has 25 heavy (non-hydrogen) atoms. The number of carbonyl (C=O) groups excluding carboxylic acids is 1. The van der Waals surface area contributed by atoms with Crippen LogP contribution in [0.2, 0.25) is 0 Å². The molecule has 0 atom stereocenters. The summed E-state index contributed by atoms with van der Waals surface area (Å²) >= 11 is 0. The summed E-state index contributed by atoms with van der Waals surface area (Å²) in [4.78, 5) is 24.9. The van der Waals surface area contributed by atoms with Crippen LogP contribution in [-0.2, 0) is 4.74 Å². The van der Waals surface area contributed by atoms with Crippen LogP contribution in [0, 0.1) is 0 Å². The molecule has 1 N–H and O–H groups in total. The van der Waals surface area contributed by atoms with Gasteiger partial charge in [0.1, 0.15) is 18.0 Å². The van der Waals surface area contributed by atoms with Crippen molar-refractivity contribution in [1.82, 2.24) is 14.9 Å². The molecule has 132 valence electrons. The molecule has 0 aliphatic carbocycles. The quantitative estimate of drug-likeness (QED) is 0.836. The molecule has 2 heterocycles. The molecule has 0 amide bonds. The number of aromatic nitrogens is 2. The van der Waals surface area contributed by atoms with Crippen LogP contribution in [0.1, 0.15) is 17.3 Å². The van der Waals surface area contributed by atoms with E-state index in [2.05, 4.69) is 32.0 Å². The smallest absolute Gasteiger partial charge is 0.337 e. The number of methoxy groups -OCH3 is 1. The monoisotopic (exact) mass is 341 g/mol. The Morgan fingerprint density at radius 1 is 1.16 bits per heavy atom. The van der Waals surface area contributed by atoms with Gasteiger partial charge < -0.3 is 19.9 Å². The standard InChI is InChI=1S/C18H23N5O2/c1-3-22-8-10-23(11-9-22)17-12-16(19-13-20-17)21-15-6-4-14(5-7-15)18(24)25-2/h4-7,12-13H,3,8-11H2,1-2H3,(H,19,20,21). The molecule has 0 spiro atoms. The number of nitrogens with one attached hydrogen (secondary N) is 1. The van der Waals surface area contributed by atoms with Crippen LogP contribution in [-0.4, -0.2) is 60.7 Å². The summed E-state index contributed by atoms with van der Waals surface area (Å²) in [5, 5.41) is 3.25. The minimum atomic E-state index is -0.345. The lowest BCUT2D eigenvalue weighted by molar-refractivity contribution is 0.0601. The second-order valence-electron chi connectivity index (χ2n) is 5.88. The van der Waals surface area contributed by atoms with Crippen LogP contribution in [0.15, 0.2) is 36.7 Å². The van der Waals surface area contributed by atoms with Gasteiger partial charge in [0.2, 0.25) is 0 Å². The van der Waals surface area contributed by atoms with E-state index < -0.39 is 0 Å². The van der Waals surface area contributed by atoms with Gasteiger partial charge in [-0.05, 0) is 30.8 Å². The Morgan fingerprint density at radius 3 is 2.52 bits per heavy atom. The van der Waals surface area contributed by atoms with Crippen molar-refractivity contribution in [2.75, 3.05) is 50.1 Å². The molecular weight excluding hydrogens is 318 g/mol. The topological polar surface area (TPSA) is 70.6 Å². The molecule has 1 aromatic heterocycles. The van der Waals surface area contributed by atoms with Crippen molar-refractivity contribution in [1.29, 1.82) is 0 Å². The SMILES string of the molecule is CCN1CCN(c2cc(Nc3ccc(C(=O)OC)cc3)ncn2)CC1. The third kappa shape index (κ3) is 4.24. The van der Waals surface area contributed by atoms with Gasteiger partial charge in [-0.2, -0.15) is 0 Å². The lowest BCUT2D eigenvalue weighted by Crippen LogP contribution is -2.46. The van der Waals surface area contributed by atoms with Crippen LogP contribution in [0.4, 0.5) is 17.3 Å². The minimum absolute atomic E-state index is 0.345. The molecule has 1 saturated heterocycles. The van der Waals surface area contributed by atoms with E-state index in [0.29, 0.717) is 5.56 Å². The Bertz CT molecular complexity index is 712. The molecule has 0 bridgehead atoms. The van der Waals surface area contributed by atoms with Crippen molar-refractivity contribution in [2.45, 2.75) is 6.92 Å². The van der Waals surface area contributed by atoms with E-state index in [0.717, 1.165) is 50.0 Å². The second kappa shape index (κ2) is 7.94. The Balaban J connectivity index is 1.66. The van der Waals surface area contributed by atoms with Crippen LogP contribution in [0.5, 0.6) is 0 Å². The summed E-state index contributed by atoms with van der Waals surface area (Å²) in [7, 11) is 1.37. The molecule has 0 saturated carbocycles. The Morgan fingerprint density at radius 2 is 1.88 bits per heavy atom. The fourth-order valence-electron chi connectivity index (χ4n) is 2.84. The molecule has 1 aliphatic heterocycles. The first-order valence-corrected chi connectivity index (χ1v) is 8.44. The molecule has 7 heteroatoms. The molecule has 3 rings (SSSR count). The van der Waals surface area contributed by atoms with Crippen molar-refractivity contribution < 1.29 is 9.53 Å². The average Bonchev–Trinajstić information content (AvgIpc) is 2.68. The maximum absolute atomic E-state index is 11.5. The average molecular weight is 341 g/mol. The van der Waals surface area contributed by atoms with Gasteiger partial charge in [-0.25, -0.2) is 14.8 Å². The summed E-state index contributed by atoms with van der Waals surface area (Å²) in [6.07, 6.45) is 1.58. The normalized spacial score (nSPS) is 15.0. The lowest BCUT2D eigenvalue weighted by atomic mass is 10.2. The number of benzene rings is 1. The zero-order valence-electron chi connectivity index (χ0n) is 14.6. The molecule has 7 nitrogen and oxygen atoms in total. The van der Waals surface area contributed by atoms with E-state index >= 15 is 0 Å². The summed E-state index contributed by atoms with van der Waals surface area (Å²) in [6.45, 7) is 7.33. The van der Waals surface area contributed by atoms with Crippen molar-refractivity contribution in [2.24, 2.45) is 0 Å². The van der Waals surface area contributed by atoms with Crippen LogP contribution >= 0.6 is 0 Å². The summed E-state index contributed by atoms with van der Waals surface area (Å²) in [5.74, 6) is 1.32. The number of anilines is 3. The number of likely N-dealkylation sites (N-methyl/N-ethyl adjacent to an activating group) is 1. The number of nitrogens with zero attached hydrogens (tertiary/aromatic N) is 4. The predicted molar refractivity (Wildman–Crippen MR) is 97.4 cm³/mol. The highest BCUT2D eigenvalue weighted by Crippen LogP contribution is 2.20. The molecule has 1 fully saturated rings. The summed E-state index contributed by atoms with van der Waals surface area (Å²) in [6, 6.07) is 9.05.